The maximum absolute atomic E-state index is 11.6. The van der Waals surface area contributed by atoms with Gasteiger partial charge in [0.1, 0.15) is 0 Å². The number of aromatic hydroxyl groups is 1. The Balaban J connectivity index is 3.46. The summed E-state index contributed by atoms with van der Waals surface area (Å²) >= 11 is 0. The maximum atomic E-state index is 11.6. The van der Waals surface area contributed by atoms with E-state index in [4.69, 9.17) is 0 Å². The molecular weight excluding hydrogens is 232 g/mol. The third-order valence-corrected chi connectivity index (χ3v) is 3.03. The molecule has 102 valence electrons. The van der Waals surface area contributed by atoms with Gasteiger partial charge in [-0.3, -0.25) is 4.79 Å². The Bertz CT molecular complexity index is 462. The van der Waals surface area contributed by atoms with Crippen molar-refractivity contribution in [2.45, 2.75) is 32.9 Å². The first kappa shape index (κ1) is 14.7. The molecule has 1 aromatic heterocycles. The van der Waals surface area contributed by atoms with E-state index in [9.17, 15) is 15.0 Å². The van der Waals surface area contributed by atoms with Crippen molar-refractivity contribution < 1.29 is 10.2 Å². The standard InChI is InChI=1S/C13H22N2O3/c1-5-10(8-16)15-9(2)6-12(17)13(18)11(15)7-14(3)4/h6,10,16,18H,5,7-8H2,1-4H3. The van der Waals surface area contributed by atoms with Gasteiger partial charge in [-0.2, -0.15) is 0 Å². The molecule has 1 unspecified atom stereocenters. The van der Waals surface area contributed by atoms with Crippen LogP contribution >= 0.6 is 0 Å². The van der Waals surface area contributed by atoms with Gasteiger partial charge in [0, 0.05) is 18.3 Å². The number of nitrogens with zero attached hydrogens (tertiary/aromatic N) is 2. The van der Waals surface area contributed by atoms with Crippen LogP contribution < -0.4 is 5.43 Å². The summed E-state index contributed by atoms with van der Waals surface area (Å²) in [5.41, 5.74) is 0.954. The number of aromatic nitrogens is 1. The number of hydrogen-bond donors (Lipinski definition) is 2. The SMILES string of the molecule is CCC(CO)n1c(C)cc(=O)c(O)c1CN(C)C. The van der Waals surface area contributed by atoms with E-state index in [1.165, 1.54) is 6.07 Å². The number of rotatable bonds is 5. The molecule has 2 N–H and O–H groups in total. The molecule has 1 aromatic rings. The Morgan fingerprint density at radius 3 is 2.50 bits per heavy atom. The third-order valence-electron chi connectivity index (χ3n) is 3.03. The summed E-state index contributed by atoms with van der Waals surface area (Å²) in [6, 6.07) is 1.29. The summed E-state index contributed by atoms with van der Waals surface area (Å²) in [5.74, 6) is -0.221. The molecule has 0 saturated carbocycles. The highest BCUT2D eigenvalue weighted by Gasteiger charge is 2.18. The highest BCUT2D eigenvalue weighted by molar-refractivity contribution is 5.30. The molecule has 0 fully saturated rings. The monoisotopic (exact) mass is 254 g/mol. The molecule has 18 heavy (non-hydrogen) atoms. The molecule has 1 heterocycles. The van der Waals surface area contributed by atoms with Gasteiger partial charge in [0.25, 0.3) is 0 Å². The topological polar surface area (TPSA) is 65.7 Å². The molecule has 5 nitrogen and oxygen atoms in total. The maximum Gasteiger partial charge on any atom is 0.223 e. The van der Waals surface area contributed by atoms with E-state index in [1.54, 1.807) is 0 Å². The van der Waals surface area contributed by atoms with E-state index in [1.807, 2.05) is 37.4 Å². The zero-order valence-corrected chi connectivity index (χ0v) is 11.5. The number of aliphatic hydroxyl groups is 1. The zero-order chi connectivity index (χ0) is 13.9. The van der Waals surface area contributed by atoms with Gasteiger partial charge in [-0.15, -0.1) is 0 Å². The molecule has 0 radical (unpaired) electrons. The third kappa shape index (κ3) is 2.91. The molecule has 0 saturated heterocycles. The molecular formula is C13H22N2O3. The lowest BCUT2D eigenvalue weighted by Gasteiger charge is -2.26. The van der Waals surface area contributed by atoms with E-state index < -0.39 is 0 Å². The van der Waals surface area contributed by atoms with Crippen LogP contribution in [-0.2, 0) is 6.54 Å². The molecule has 0 aliphatic heterocycles. The minimum Gasteiger partial charge on any atom is -0.503 e. The highest BCUT2D eigenvalue weighted by atomic mass is 16.3. The fourth-order valence-corrected chi connectivity index (χ4v) is 2.15. The van der Waals surface area contributed by atoms with Crippen molar-refractivity contribution in [1.29, 1.82) is 0 Å². The second-order valence-electron chi connectivity index (χ2n) is 4.80. The van der Waals surface area contributed by atoms with Crippen LogP contribution in [0.5, 0.6) is 5.75 Å². The summed E-state index contributed by atoms with van der Waals surface area (Å²) in [6.07, 6.45) is 0.736. The predicted molar refractivity (Wildman–Crippen MR) is 70.9 cm³/mol. The smallest absolute Gasteiger partial charge is 0.223 e. The second-order valence-corrected chi connectivity index (χ2v) is 4.80. The van der Waals surface area contributed by atoms with Crippen molar-refractivity contribution in [3.8, 4) is 5.75 Å². The molecule has 0 aromatic carbocycles. The molecule has 1 atom stereocenters. The first-order valence-corrected chi connectivity index (χ1v) is 6.11. The van der Waals surface area contributed by atoms with Crippen LogP contribution in [0.2, 0.25) is 0 Å². The number of aliphatic hydroxyl groups excluding tert-OH is 1. The van der Waals surface area contributed by atoms with Crippen molar-refractivity contribution in [3.05, 3.63) is 27.7 Å². The summed E-state index contributed by atoms with van der Waals surface area (Å²) in [5, 5.41) is 19.4. The van der Waals surface area contributed by atoms with Crippen molar-refractivity contribution in [3.63, 3.8) is 0 Å². The lowest BCUT2D eigenvalue weighted by molar-refractivity contribution is 0.214. The van der Waals surface area contributed by atoms with Crippen LogP contribution in [-0.4, -0.2) is 40.4 Å². The van der Waals surface area contributed by atoms with Crippen LogP contribution in [0.4, 0.5) is 0 Å². The van der Waals surface area contributed by atoms with Crippen LogP contribution in [0.25, 0.3) is 0 Å². The van der Waals surface area contributed by atoms with Crippen LogP contribution in [0, 0.1) is 6.92 Å². The zero-order valence-electron chi connectivity index (χ0n) is 11.5. The molecule has 0 spiro atoms. The average Bonchev–Trinajstić information content (AvgIpc) is 2.30. The van der Waals surface area contributed by atoms with Gasteiger partial charge in [0.2, 0.25) is 5.43 Å². The fourth-order valence-electron chi connectivity index (χ4n) is 2.15. The number of aryl methyl sites for hydroxylation is 1. The summed E-state index contributed by atoms with van der Waals surface area (Å²) < 4.78 is 1.86. The van der Waals surface area contributed by atoms with Gasteiger partial charge in [-0.1, -0.05) is 6.92 Å². The van der Waals surface area contributed by atoms with Crippen molar-refractivity contribution >= 4 is 0 Å². The van der Waals surface area contributed by atoms with Crippen LogP contribution in [0.15, 0.2) is 10.9 Å². The highest BCUT2D eigenvalue weighted by Crippen LogP contribution is 2.22. The quantitative estimate of drug-likeness (QED) is 0.818. The molecule has 0 amide bonds. The molecule has 0 aliphatic rings. The van der Waals surface area contributed by atoms with Gasteiger partial charge in [-0.05, 0) is 27.4 Å². The van der Waals surface area contributed by atoms with Crippen molar-refractivity contribution in [1.82, 2.24) is 9.47 Å². The van der Waals surface area contributed by atoms with Crippen molar-refractivity contribution in [2.75, 3.05) is 20.7 Å². The van der Waals surface area contributed by atoms with Gasteiger partial charge >= 0.3 is 0 Å². The van der Waals surface area contributed by atoms with Gasteiger partial charge < -0.3 is 19.7 Å². The Hall–Kier alpha value is -1.33. The summed E-state index contributed by atoms with van der Waals surface area (Å²) in [6.45, 7) is 4.23. The summed E-state index contributed by atoms with van der Waals surface area (Å²) in [7, 11) is 3.74. The Labute approximate surface area is 107 Å². The van der Waals surface area contributed by atoms with E-state index in [0.29, 0.717) is 12.2 Å². The molecule has 0 aliphatic carbocycles. The predicted octanol–water partition coefficient (Wildman–Crippen LogP) is 0.867. The van der Waals surface area contributed by atoms with Gasteiger partial charge in [0.05, 0.1) is 18.3 Å². The van der Waals surface area contributed by atoms with Gasteiger partial charge in [-0.25, -0.2) is 0 Å². The summed E-state index contributed by atoms with van der Waals surface area (Å²) in [4.78, 5) is 13.5. The average molecular weight is 254 g/mol. The van der Waals surface area contributed by atoms with E-state index in [0.717, 1.165) is 12.1 Å². The molecule has 0 bridgehead atoms. The van der Waals surface area contributed by atoms with E-state index in [2.05, 4.69) is 0 Å². The molecule has 5 heteroatoms. The van der Waals surface area contributed by atoms with Crippen LogP contribution in [0.1, 0.15) is 30.8 Å². The fraction of sp³-hybridized carbons (Fsp3) is 0.615. The normalized spacial score (nSPS) is 13.0. The molecule has 1 rings (SSSR count). The Morgan fingerprint density at radius 1 is 1.44 bits per heavy atom. The second kappa shape index (κ2) is 6.02. The van der Waals surface area contributed by atoms with Crippen molar-refractivity contribution in [2.24, 2.45) is 0 Å². The van der Waals surface area contributed by atoms with E-state index in [-0.39, 0.29) is 23.8 Å². The minimum absolute atomic E-state index is 0.0138. The number of pyridine rings is 1. The lowest BCUT2D eigenvalue weighted by Crippen LogP contribution is -2.26. The minimum atomic E-state index is -0.367. The largest absolute Gasteiger partial charge is 0.503 e. The van der Waals surface area contributed by atoms with Gasteiger partial charge in [0.15, 0.2) is 5.75 Å². The van der Waals surface area contributed by atoms with E-state index >= 15 is 0 Å². The lowest BCUT2D eigenvalue weighted by atomic mass is 10.1. The number of hydrogen-bond acceptors (Lipinski definition) is 4. The van der Waals surface area contributed by atoms with Crippen LogP contribution in [0.3, 0.4) is 0 Å². The first-order chi connectivity index (χ1) is 8.42. The first-order valence-electron chi connectivity index (χ1n) is 6.11. The Morgan fingerprint density at radius 2 is 2.06 bits per heavy atom. The Kier molecular flexibility index (Phi) is 4.93.